The summed E-state index contributed by atoms with van der Waals surface area (Å²) in [5.74, 6) is 1.38. The predicted molar refractivity (Wildman–Crippen MR) is 140 cm³/mol. The molecule has 0 aliphatic carbocycles. The lowest BCUT2D eigenvalue weighted by Crippen LogP contribution is -2.39. The molecule has 0 fully saturated rings. The van der Waals surface area contributed by atoms with Crippen molar-refractivity contribution in [2.24, 2.45) is 0 Å². The molecule has 2 atom stereocenters. The third kappa shape index (κ3) is 6.40. The van der Waals surface area contributed by atoms with Crippen LogP contribution in [0.3, 0.4) is 0 Å². The van der Waals surface area contributed by atoms with E-state index < -0.39 is 21.4 Å². The normalized spacial score (nSPS) is 13.5. The number of hydrogen-bond acceptors (Lipinski definition) is 5. The van der Waals surface area contributed by atoms with Crippen LogP contribution in [0.2, 0.25) is 0 Å². The number of nitrogens with zero attached hydrogens (tertiary/aromatic N) is 1. The molecule has 0 unspecified atom stereocenters. The quantitative estimate of drug-likeness (QED) is 0.319. The monoisotopic (exact) mass is 611 g/mol. The van der Waals surface area contributed by atoms with Crippen molar-refractivity contribution in [2.75, 3.05) is 14.2 Å². The lowest BCUT2D eigenvalue weighted by atomic mass is 10.1. The Hall–Kier alpha value is -1.91. The van der Waals surface area contributed by atoms with Gasteiger partial charge in [0.25, 0.3) is 0 Å². The van der Waals surface area contributed by atoms with E-state index in [0.717, 1.165) is 15.6 Å². The van der Waals surface area contributed by atoms with Crippen molar-refractivity contribution in [3.63, 3.8) is 0 Å². The van der Waals surface area contributed by atoms with Crippen molar-refractivity contribution < 1.29 is 23.0 Å². The lowest BCUT2D eigenvalue weighted by Gasteiger charge is -2.29. The highest BCUT2D eigenvalue weighted by atomic mass is 79.9. The molecule has 3 rings (SSSR count). The zero-order valence-corrected chi connectivity index (χ0v) is 23.1. The first kappa shape index (κ1) is 26.7. The molecule has 6 nitrogen and oxygen atoms in total. The molecule has 0 radical (unpaired) electrons. The summed E-state index contributed by atoms with van der Waals surface area (Å²) in [6.45, 7) is 1.83. The van der Waals surface area contributed by atoms with E-state index in [9.17, 15) is 13.5 Å². The van der Waals surface area contributed by atoms with Gasteiger partial charge in [-0.2, -0.15) is 4.31 Å². The van der Waals surface area contributed by atoms with Crippen LogP contribution in [0, 0.1) is 0 Å². The smallest absolute Gasteiger partial charge is 0.220 e. The number of sulfonamides is 1. The van der Waals surface area contributed by atoms with Gasteiger partial charge in [0.1, 0.15) is 16.7 Å². The standard InChI is InChI=1S/C25H27Br2NO5S/c1-17(25(29)23-13-8-20(26)14-24(23)27)34(30,31)28(15-18-4-9-21(32-2)10-5-18)16-19-6-11-22(33-3)12-7-19/h4-14,17,25,29H,15-16H2,1-3H3/t17-,25+/m0/s1. The van der Waals surface area contributed by atoms with Crippen LogP contribution in [0.15, 0.2) is 75.7 Å². The number of rotatable bonds is 10. The summed E-state index contributed by atoms with van der Waals surface area (Å²) in [5, 5.41) is 9.95. The van der Waals surface area contributed by atoms with Gasteiger partial charge in [-0.3, -0.25) is 0 Å². The van der Waals surface area contributed by atoms with Crippen molar-refractivity contribution in [1.82, 2.24) is 4.31 Å². The summed E-state index contributed by atoms with van der Waals surface area (Å²) in [4.78, 5) is 0. The number of benzene rings is 3. The molecule has 0 aliphatic heterocycles. The molecule has 0 saturated heterocycles. The largest absolute Gasteiger partial charge is 0.497 e. The highest BCUT2D eigenvalue weighted by Gasteiger charge is 2.35. The molecule has 0 bridgehead atoms. The van der Waals surface area contributed by atoms with Crippen molar-refractivity contribution in [1.29, 1.82) is 0 Å². The summed E-state index contributed by atoms with van der Waals surface area (Å²) in [6.07, 6.45) is -1.22. The number of aliphatic hydroxyl groups excluding tert-OH is 1. The van der Waals surface area contributed by atoms with Crippen molar-refractivity contribution in [3.8, 4) is 11.5 Å². The third-order valence-electron chi connectivity index (χ3n) is 5.59. The van der Waals surface area contributed by atoms with Crippen molar-refractivity contribution >= 4 is 41.9 Å². The van der Waals surface area contributed by atoms with Crippen LogP contribution >= 0.6 is 31.9 Å². The third-order valence-corrected chi connectivity index (χ3v) is 8.95. The second-order valence-corrected chi connectivity index (χ2v) is 11.9. The van der Waals surface area contributed by atoms with Gasteiger partial charge in [-0.15, -0.1) is 0 Å². The van der Waals surface area contributed by atoms with E-state index in [1.165, 1.54) is 11.2 Å². The van der Waals surface area contributed by atoms with Gasteiger partial charge in [-0.1, -0.05) is 62.2 Å². The number of methoxy groups -OCH3 is 2. The molecule has 0 spiro atoms. The molecule has 9 heteroatoms. The average Bonchev–Trinajstić information content (AvgIpc) is 2.83. The maximum atomic E-state index is 13.8. The maximum absolute atomic E-state index is 13.8. The van der Waals surface area contributed by atoms with Gasteiger partial charge < -0.3 is 14.6 Å². The Morgan fingerprint density at radius 1 is 0.853 bits per heavy atom. The van der Waals surface area contributed by atoms with E-state index in [0.29, 0.717) is 21.5 Å². The van der Waals surface area contributed by atoms with E-state index in [4.69, 9.17) is 9.47 Å². The number of ether oxygens (including phenoxy) is 2. The molecule has 0 aromatic heterocycles. The highest BCUT2D eigenvalue weighted by molar-refractivity contribution is 9.11. The van der Waals surface area contributed by atoms with E-state index in [2.05, 4.69) is 31.9 Å². The Bertz CT molecular complexity index is 1150. The SMILES string of the molecule is COc1ccc(CN(Cc2ccc(OC)cc2)S(=O)(=O)[C@@H](C)[C@@H](O)c2ccc(Br)cc2Br)cc1. The van der Waals surface area contributed by atoms with Gasteiger partial charge in [0.05, 0.1) is 20.3 Å². The molecule has 3 aromatic rings. The molecule has 3 aromatic carbocycles. The lowest BCUT2D eigenvalue weighted by molar-refractivity contribution is 0.171. The molecule has 0 aliphatic rings. The highest BCUT2D eigenvalue weighted by Crippen LogP contribution is 2.33. The van der Waals surface area contributed by atoms with Gasteiger partial charge in [0.2, 0.25) is 10.0 Å². The Morgan fingerprint density at radius 3 is 1.74 bits per heavy atom. The molecule has 34 heavy (non-hydrogen) atoms. The summed E-state index contributed by atoms with van der Waals surface area (Å²) in [7, 11) is -0.751. The van der Waals surface area contributed by atoms with Gasteiger partial charge >= 0.3 is 0 Å². The van der Waals surface area contributed by atoms with Gasteiger partial charge in [0, 0.05) is 22.0 Å². The zero-order chi connectivity index (χ0) is 24.9. The van der Waals surface area contributed by atoms with E-state index in [1.807, 2.05) is 24.3 Å². The first-order valence-electron chi connectivity index (χ1n) is 10.5. The minimum absolute atomic E-state index is 0.150. The number of aliphatic hydroxyl groups is 1. The Kier molecular flexibility index (Phi) is 9.17. The predicted octanol–water partition coefficient (Wildman–Crippen LogP) is 5.68. The van der Waals surface area contributed by atoms with Crippen LogP contribution in [0.1, 0.15) is 29.7 Å². The molecule has 1 N–H and O–H groups in total. The minimum Gasteiger partial charge on any atom is -0.497 e. The van der Waals surface area contributed by atoms with Gasteiger partial charge in [0.15, 0.2) is 0 Å². The summed E-state index contributed by atoms with van der Waals surface area (Å²) >= 11 is 6.82. The average molecular weight is 613 g/mol. The maximum Gasteiger partial charge on any atom is 0.220 e. The van der Waals surface area contributed by atoms with E-state index in [-0.39, 0.29) is 13.1 Å². The summed E-state index contributed by atoms with van der Waals surface area (Å²) in [5.41, 5.74) is 2.13. The van der Waals surface area contributed by atoms with Crippen molar-refractivity contribution in [3.05, 3.63) is 92.4 Å². The van der Waals surface area contributed by atoms with Gasteiger partial charge in [-0.05, 0) is 60.0 Å². The summed E-state index contributed by atoms with van der Waals surface area (Å²) < 4.78 is 40.8. The van der Waals surface area contributed by atoms with Crippen molar-refractivity contribution in [2.45, 2.75) is 31.4 Å². The van der Waals surface area contributed by atoms with Crippen LogP contribution in [0.25, 0.3) is 0 Å². The molecule has 0 heterocycles. The topological polar surface area (TPSA) is 76.1 Å². The van der Waals surface area contributed by atoms with E-state index in [1.54, 1.807) is 56.7 Å². The zero-order valence-electron chi connectivity index (χ0n) is 19.1. The minimum atomic E-state index is -3.91. The fraction of sp³-hybridized carbons (Fsp3) is 0.280. The first-order valence-corrected chi connectivity index (χ1v) is 13.6. The van der Waals surface area contributed by atoms with Crippen LogP contribution in [-0.4, -0.2) is 37.3 Å². The van der Waals surface area contributed by atoms with Crippen LogP contribution in [0.5, 0.6) is 11.5 Å². The fourth-order valence-corrected chi connectivity index (χ4v) is 6.38. The van der Waals surface area contributed by atoms with Crippen LogP contribution in [-0.2, 0) is 23.1 Å². The molecular weight excluding hydrogens is 586 g/mol. The Balaban J connectivity index is 1.93. The molecule has 0 saturated carbocycles. The fourth-order valence-electron chi connectivity index (χ4n) is 3.50. The van der Waals surface area contributed by atoms with Gasteiger partial charge in [-0.25, -0.2) is 8.42 Å². The Labute approximate surface area is 217 Å². The number of hydrogen-bond donors (Lipinski definition) is 1. The Morgan fingerprint density at radius 2 is 1.32 bits per heavy atom. The summed E-state index contributed by atoms with van der Waals surface area (Å²) in [6, 6.07) is 19.8. The molecule has 182 valence electrons. The number of halogens is 2. The molecular formula is C25H27Br2NO5S. The molecule has 0 amide bonds. The second-order valence-electron chi connectivity index (χ2n) is 7.82. The van der Waals surface area contributed by atoms with Crippen LogP contribution < -0.4 is 9.47 Å². The first-order chi connectivity index (χ1) is 16.1. The second kappa shape index (κ2) is 11.7. The van der Waals surface area contributed by atoms with E-state index >= 15 is 0 Å². The van der Waals surface area contributed by atoms with Crippen LogP contribution in [0.4, 0.5) is 0 Å².